The number of methoxy groups -OCH3 is 1. The molecule has 28 heavy (non-hydrogen) atoms. The van der Waals surface area contributed by atoms with Crippen molar-refractivity contribution in [1.82, 2.24) is 5.43 Å². The molecule has 0 spiro atoms. The summed E-state index contributed by atoms with van der Waals surface area (Å²) in [5.41, 5.74) is 3.36. The number of rotatable bonds is 7. The predicted octanol–water partition coefficient (Wildman–Crippen LogP) is 3.26. The third-order valence-electron chi connectivity index (χ3n) is 3.72. The lowest BCUT2D eigenvalue weighted by molar-refractivity contribution is -0.123. The van der Waals surface area contributed by atoms with Crippen LogP contribution in [-0.2, 0) is 9.53 Å². The number of para-hydroxylation sites is 1. The Balaban J connectivity index is 1.59. The molecular formula is C21H18N2O5. The molecule has 1 heterocycles. The second-order valence-corrected chi connectivity index (χ2v) is 5.63. The summed E-state index contributed by atoms with van der Waals surface area (Å²) < 4.78 is 15.8. The number of hydrazone groups is 1. The van der Waals surface area contributed by atoms with E-state index >= 15 is 0 Å². The number of amides is 1. The fraction of sp³-hybridized carbons (Fsp3) is 0.0952. The molecule has 7 nitrogen and oxygen atoms in total. The van der Waals surface area contributed by atoms with Gasteiger partial charge in [0.15, 0.2) is 6.61 Å². The molecule has 7 heteroatoms. The normalized spacial score (nSPS) is 10.6. The van der Waals surface area contributed by atoms with Gasteiger partial charge in [-0.1, -0.05) is 36.4 Å². The number of esters is 1. The van der Waals surface area contributed by atoms with Crippen molar-refractivity contribution in [3.8, 4) is 17.1 Å². The molecule has 0 aliphatic rings. The van der Waals surface area contributed by atoms with Crippen LogP contribution in [0.25, 0.3) is 11.3 Å². The summed E-state index contributed by atoms with van der Waals surface area (Å²) in [6.07, 6.45) is 1.37. The van der Waals surface area contributed by atoms with Crippen LogP contribution in [0.2, 0.25) is 0 Å². The van der Waals surface area contributed by atoms with Gasteiger partial charge in [0.1, 0.15) is 17.3 Å². The minimum atomic E-state index is -0.451. The Morgan fingerprint density at radius 1 is 1.04 bits per heavy atom. The quantitative estimate of drug-likeness (QED) is 0.387. The molecule has 1 amide bonds. The Bertz CT molecular complexity index is 979. The van der Waals surface area contributed by atoms with Crippen LogP contribution in [0.1, 0.15) is 16.1 Å². The summed E-state index contributed by atoms with van der Waals surface area (Å²) in [6.45, 7) is -0.155. The van der Waals surface area contributed by atoms with Gasteiger partial charge in [-0.2, -0.15) is 5.10 Å². The molecule has 1 N–H and O–H groups in total. The van der Waals surface area contributed by atoms with E-state index in [2.05, 4.69) is 10.5 Å². The minimum Gasteiger partial charge on any atom is -0.484 e. The van der Waals surface area contributed by atoms with Crippen LogP contribution in [0, 0.1) is 0 Å². The molecular weight excluding hydrogens is 360 g/mol. The monoisotopic (exact) mass is 378 g/mol. The van der Waals surface area contributed by atoms with E-state index < -0.39 is 11.9 Å². The highest BCUT2D eigenvalue weighted by atomic mass is 16.5. The average Bonchev–Trinajstić information content (AvgIpc) is 3.21. The van der Waals surface area contributed by atoms with Gasteiger partial charge in [-0.25, -0.2) is 10.2 Å². The fourth-order valence-electron chi connectivity index (χ4n) is 2.42. The maximum absolute atomic E-state index is 11.9. The van der Waals surface area contributed by atoms with E-state index in [1.54, 1.807) is 48.5 Å². The predicted molar refractivity (Wildman–Crippen MR) is 103 cm³/mol. The molecule has 0 aliphatic carbocycles. The fourth-order valence-corrected chi connectivity index (χ4v) is 2.42. The molecule has 0 fully saturated rings. The Labute approximate surface area is 161 Å². The molecule has 0 bridgehead atoms. The first kappa shape index (κ1) is 18.9. The van der Waals surface area contributed by atoms with Crippen molar-refractivity contribution >= 4 is 18.1 Å². The lowest BCUT2D eigenvalue weighted by atomic mass is 10.1. The summed E-state index contributed by atoms with van der Waals surface area (Å²) in [5, 5.41) is 3.84. The number of carbonyl (C=O) groups excluding carboxylic acids is 2. The molecule has 0 saturated heterocycles. The van der Waals surface area contributed by atoms with Gasteiger partial charge in [0, 0.05) is 5.56 Å². The molecule has 3 aromatic rings. The number of benzene rings is 2. The van der Waals surface area contributed by atoms with Gasteiger partial charge in [-0.05, 0) is 30.3 Å². The van der Waals surface area contributed by atoms with Gasteiger partial charge >= 0.3 is 5.97 Å². The van der Waals surface area contributed by atoms with Gasteiger partial charge < -0.3 is 13.9 Å². The van der Waals surface area contributed by atoms with E-state index in [9.17, 15) is 9.59 Å². The highest BCUT2D eigenvalue weighted by molar-refractivity contribution is 5.96. The van der Waals surface area contributed by atoms with Gasteiger partial charge in [0.05, 0.1) is 18.9 Å². The molecule has 0 unspecified atom stereocenters. The zero-order chi connectivity index (χ0) is 19.8. The second-order valence-electron chi connectivity index (χ2n) is 5.63. The zero-order valence-corrected chi connectivity index (χ0v) is 15.1. The van der Waals surface area contributed by atoms with Crippen LogP contribution in [-0.4, -0.2) is 31.8 Å². The van der Waals surface area contributed by atoms with Crippen LogP contribution in [0.5, 0.6) is 5.75 Å². The number of hydrogen-bond acceptors (Lipinski definition) is 6. The minimum absolute atomic E-state index is 0.155. The van der Waals surface area contributed by atoms with Gasteiger partial charge in [0.2, 0.25) is 0 Å². The van der Waals surface area contributed by atoms with E-state index in [0.29, 0.717) is 28.4 Å². The third kappa shape index (κ3) is 4.85. The molecule has 3 rings (SSSR count). The Morgan fingerprint density at radius 3 is 2.57 bits per heavy atom. The second kappa shape index (κ2) is 9.18. The third-order valence-corrected chi connectivity index (χ3v) is 3.72. The molecule has 0 saturated carbocycles. The van der Waals surface area contributed by atoms with Crippen LogP contribution < -0.4 is 10.2 Å². The average molecular weight is 378 g/mol. The number of carbonyl (C=O) groups is 2. The topological polar surface area (TPSA) is 90.1 Å². The van der Waals surface area contributed by atoms with Crippen molar-refractivity contribution in [2.75, 3.05) is 13.7 Å². The Hall–Kier alpha value is -3.87. The highest BCUT2D eigenvalue weighted by Crippen LogP contribution is 2.25. The molecule has 0 radical (unpaired) electrons. The molecule has 1 aromatic heterocycles. The van der Waals surface area contributed by atoms with Crippen LogP contribution in [0.3, 0.4) is 0 Å². The van der Waals surface area contributed by atoms with E-state index in [4.69, 9.17) is 13.9 Å². The van der Waals surface area contributed by atoms with E-state index in [1.807, 2.05) is 18.2 Å². The van der Waals surface area contributed by atoms with E-state index in [-0.39, 0.29) is 6.61 Å². The van der Waals surface area contributed by atoms with Crippen LogP contribution in [0.15, 0.2) is 76.2 Å². The smallest absolute Gasteiger partial charge is 0.338 e. The Kier molecular flexibility index (Phi) is 6.20. The van der Waals surface area contributed by atoms with Crippen molar-refractivity contribution in [2.24, 2.45) is 5.10 Å². The van der Waals surface area contributed by atoms with Crippen molar-refractivity contribution in [2.45, 2.75) is 0 Å². The number of nitrogens with one attached hydrogen (secondary N) is 1. The van der Waals surface area contributed by atoms with Crippen LogP contribution >= 0.6 is 0 Å². The lowest BCUT2D eigenvalue weighted by Crippen LogP contribution is -2.24. The summed E-state index contributed by atoms with van der Waals surface area (Å²) in [5.74, 6) is 0.650. The number of nitrogens with zero attached hydrogens (tertiary/aromatic N) is 1. The first-order chi connectivity index (χ1) is 13.7. The van der Waals surface area contributed by atoms with E-state index in [1.165, 1.54) is 13.3 Å². The highest BCUT2D eigenvalue weighted by Gasteiger charge is 2.15. The largest absolute Gasteiger partial charge is 0.484 e. The summed E-state index contributed by atoms with van der Waals surface area (Å²) >= 11 is 0. The van der Waals surface area contributed by atoms with Crippen molar-refractivity contribution < 1.29 is 23.5 Å². The van der Waals surface area contributed by atoms with Gasteiger partial charge in [-0.3, -0.25) is 4.79 Å². The standard InChI is InChI=1S/C21H18N2O5/c1-26-21(25)18-10-6-5-9-17(18)19-12-11-16(28-19)13-22-23-20(24)14-27-15-7-3-2-4-8-15/h2-13H,14H2,1H3,(H,23,24)/b22-13-. The van der Waals surface area contributed by atoms with Gasteiger partial charge in [0.25, 0.3) is 5.91 Å². The van der Waals surface area contributed by atoms with E-state index in [0.717, 1.165) is 0 Å². The van der Waals surface area contributed by atoms with Crippen LogP contribution in [0.4, 0.5) is 0 Å². The molecule has 0 aliphatic heterocycles. The SMILES string of the molecule is COC(=O)c1ccccc1-c1ccc(/C=N\NC(=O)COc2ccccc2)o1. The Morgan fingerprint density at radius 2 is 1.79 bits per heavy atom. The van der Waals surface area contributed by atoms with Crippen molar-refractivity contribution in [1.29, 1.82) is 0 Å². The molecule has 0 atom stereocenters. The summed E-state index contributed by atoms with van der Waals surface area (Å²) in [4.78, 5) is 23.6. The van der Waals surface area contributed by atoms with Crippen molar-refractivity contribution in [3.63, 3.8) is 0 Å². The maximum Gasteiger partial charge on any atom is 0.338 e. The number of furan rings is 1. The van der Waals surface area contributed by atoms with Gasteiger partial charge in [-0.15, -0.1) is 0 Å². The first-order valence-corrected chi connectivity index (χ1v) is 8.44. The molecule has 142 valence electrons. The van der Waals surface area contributed by atoms with Crippen molar-refractivity contribution in [3.05, 3.63) is 78.1 Å². The number of hydrogen-bond donors (Lipinski definition) is 1. The zero-order valence-electron chi connectivity index (χ0n) is 15.1. The number of ether oxygens (including phenoxy) is 2. The molecule has 2 aromatic carbocycles. The first-order valence-electron chi connectivity index (χ1n) is 8.44. The maximum atomic E-state index is 11.9. The summed E-state index contributed by atoms with van der Waals surface area (Å²) in [7, 11) is 1.32. The summed E-state index contributed by atoms with van der Waals surface area (Å²) in [6, 6.07) is 19.4. The lowest BCUT2D eigenvalue weighted by Gasteiger charge is -2.04.